The van der Waals surface area contributed by atoms with E-state index in [1.54, 1.807) is 0 Å². The van der Waals surface area contributed by atoms with Gasteiger partial charge < -0.3 is 9.47 Å². The molecule has 3 heteroatoms. The number of halogens is 1. The molecule has 2 rings (SSSR count). The molecule has 0 aliphatic carbocycles. The first-order valence-corrected chi connectivity index (χ1v) is 6.29. The minimum absolute atomic E-state index is 0.275. The lowest BCUT2D eigenvalue weighted by atomic mass is 10.1. The lowest BCUT2D eigenvalue weighted by Crippen LogP contribution is -2.32. The van der Waals surface area contributed by atoms with Crippen molar-refractivity contribution >= 4 is 15.9 Å². The van der Waals surface area contributed by atoms with Gasteiger partial charge in [0, 0.05) is 4.83 Å². The Bertz CT molecular complexity index is 213. The summed E-state index contributed by atoms with van der Waals surface area (Å²) in [5.74, 6) is 0. The third-order valence-corrected chi connectivity index (χ3v) is 3.79. The van der Waals surface area contributed by atoms with Crippen molar-refractivity contribution in [3.63, 3.8) is 0 Å². The molecule has 2 aliphatic heterocycles. The van der Waals surface area contributed by atoms with Crippen LogP contribution < -0.4 is 0 Å². The van der Waals surface area contributed by atoms with Crippen molar-refractivity contribution in [3.05, 3.63) is 12.2 Å². The average molecular weight is 261 g/mol. The van der Waals surface area contributed by atoms with Crippen LogP contribution in [-0.4, -0.2) is 29.7 Å². The van der Waals surface area contributed by atoms with E-state index >= 15 is 0 Å². The monoisotopic (exact) mass is 260 g/mol. The van der Waals surface area contributed by atoms with Crippen LogP contribution in [0.15, 0.2) is 12.2 Å². The summed E-state index contributed by atoms with van der Waals surface area (Å²) in [6.07, 6.45) is 8.55. The summed E-state index contributed by atoms with van der Waals surface area (Å²) in [7, 11) is 0. The van der Waals surface area contributed by atoms with Crippen molar-refractivity contribution < 1.29 is 9.47 Å². The molecule has 0 N–H and O–H groups in total. The highest BCUT2D eigenvalue weighted by molar-refractivity contribution is 9.09. The van der Waals surface area contributed by atoms with Crippen LogP contribution in [0.1, 0.15) is 26.2 Å². The first-order chi connectivity index (χ1) is 6.81. The topological polar surface area (TPSA) is 21.8 Å². The Kier molecular flexibility index (Phi) is 3.63. The second kappa shape index (κ2) is 4.77. The van der Waals surface area contributed by atoms with Crippen LogP contribution in [0.5, 0.6) is 0 Å². The molecule has 1 fully saturated rings. The highest BCUT2D eigenvalue weighted by atomic mass is 79.9. The van der Waals surface area contributed by atoms with E-state index in [0.717, 1.165) is 25.9 Å². The molecule has 4 atom stereocenters. The van der Waals surface area contributed by atoms with Gasteiger partial charge in [0.15, 0.2) is 0 Å². The molecule has 0 aromatic heterocycles. The maximum absolute atomic E-state index is 6.05. The largest absolute Gasteiger partial charge is 0.371 e. The second-order valence-corrected chi connectivity index (χ2v) is 5.13. The van der Waals surface area contributed by atoms with E-state index in [2.05, 4.69) is 35.0 Å². The molecule has 0 radical (unpaired) electrons. The van der Waals surface area contributed by atoms with E-state index in [1.807, 2.05) is 0 Å². The fourth-order valence-corrected chi connectivity index (χ4v) is 2.55. The molecular formula is C11H17BrO2. The predicted molar refractivity (Wildman–Crippen MR) is 59.8 cm³/mol. The standard InChI is InChI=1S/C11H17BrO2/c1-2-9-8(12)5-3-4-6-10(14-9)11-7-13-11/h3-4,8-11H,2,5-7H2,1H3/b4-3-/t8-,9+,10+,11+/m0/s1. The fraction of sp³-hybridized carbons (Fsp3) is 0.818. The van der Waals surface area contributed by atoms with Gasteiger partial charge in [0.1, 0.15) is 6.10 Å². The molecule has 0 aromatic rings. The van der Waals surface area contributed by atoms with E-state index in [4.69, 9.17) is 9.47 Å². The highest BCUT2D eigenvalue weighted by Gasteiger charge is 2.35. The van der Waals surface area contributed by atoms with E-state index in [9.17, 15) is 0 Å². The molecule has 2 heterocycles. The Labute approximate surface area is 93.8 Å². The number of alkyl halides is 1. The Morgan fingerprint density at radius 3 is 2.64 bits per heavy atom. The summed E-state index contributed by atoms with van der Waals surface area (Å²) >= 11 is 3.68. The van der Waals surface area contributed by atoms with Gasteiger partial charge in [-0.2, -0.15) is 0 Å². The Morgan fingerprint density at radius 2 is 2.00 bits per heavy atom. The van der Waals surface area contributed by atoms with Crippen molar-refractivity contribution in [2.45, 2.75) is 49.3 Å². The molecule has 0 unspecified atom stereocenters. The van der Waals surface area contributed by atoms with Gasteiger partial charge in [0.05, 0.1) is 18.8 Å². The molecule has 0 spiro atoms. The van der Waals surface area contributed by atoms with E-state index < -0.39 is 0 Å². The first-order valence-electron chi connectivity index (χ1n) is 5.37. The lowest BCUT2D eigenvalue weighted by Gasteiger charge is -2.27. The van der Waals surface area contributed by atoms with Crippen molar-refractivity contribution in [1.29, 1.82) is 0 Å². The normalized spacial score (nSPS) is 45.3. The number of hydrogen-bond donors (Lipinski definition) is 0. The maximum atomic E-state index is 6.05. The average Bonchev–Trinajstić information content (AvgIpc) is 2.96. The van der Waals surface area contributed by atoms with E-state index in [-0.39, 0.29) is 6.10 Å². The molecule has 14 heavy (non-hydrogen) atoms. The quantitative estimate of drug-likeness (QED) is 0.433. The SMILES string of the molecule is CC[C@H]1O[C@@H]([C@H]2CO2)C/C=C\C[C@@H]1Br. The second-order valence-electron chi connectivity index (χ2n) is 3.95. The Hall–Kier alpha value is 0.140. The zero-order valence-corrected chi connectivity index (χ0v) is 10.1. The van der Waals surface area contributed by atoms with Gasteiger partial charge in [-0.3, -0.25) is 0 Å². The fourth-order valence-electron chi connectivity index (χ4n) is 1.84. The van der Waals surface area contributed by atoms with Crippen molar-refractivity contribution in [2.75, 3.05) is 6.61 Å². The van der Waals surface area contributed by atoms with Gasteiger partial charge in [-0.05, 0) is 19.3 Å². The van der Waals surface area contributed by atoms with Gasteiger partial charge in [0.25, 0.3) is 0 Å². The van der Waals surface area contributed by atoms with Crippen LogP contribution in [0.3, 0.4) is 0 Å². The molecule has 2 nitrogen and oxygen atoms in total. The molecule has 80 valence electrons. The van der Waals surface area contributed by atoms with Crippen LogP contribution in [0.2, 0.25) is 0 Å². The summed E-state index contributed by atoms with van der Waals surface area (Å²) < 4.78 is 11.4. The summed E-state index contributed by atoms with van der Waals surface area (Å²) in [6.45, 7) is 3.05. The van der Waals surface area contributed by atoms with E-state index in [0.29, 0.717) is 17.0 Å². The predicted octanol–water partition coefficient (Wildman–Crippen LogP) is 2.66. The smallest absolute Gasteiger partial charge is 0.107 e. The molecule has 0 bridgehead atoms. The van der Waals surface area contributed by atoms with Crippen molar-refractivity contribution in [1.82, 2.24) is 0 Å². The van der Waals surface area contributed by atoms with Gasteiger partial charge in [0.2, 0.25) is 0 Å². The molecule has 0 saturated carbocycles. The Morgan fingerprint density at radius 1 is 1.29 bits per heavy atom. The van der Waals surface area contributed by atoms with Crippen LogP contribution in [-0.2, 0) is 9.47 Å². The summed E-state index contributed by atoms with van der Waals surface area (Å²) in [5, 5.41) is 0. The molecule has 0 aromatic carbocycles. The number of hydrogen-bond acceptors (Lipinski definition) is 2. The van der Waals surface area contributed by atoms with Crippen LogP contribution in [0.4, 0.5) is 0 Å². The first kappa shape index (κ1) is 10.7. The third-order valence-electron chi connectivity index (χ3n) is 2.83. The number of ether oxygens (including phenoxy) is 2. The van der Waals surface area contributed by atoms with Crippen LogP contribution in [0.25, 0.3) is 0 Å². The van der Waals surface area contributed by atoms with Gasteiger partial charge >= 0.3 is 0 Å². The summed E-state index contributed by atoms with van der Waals surface area (Å²) in [6, 6.07) is 0. The lowest BCUT2D eigenvalue weighted by molar-refractivity contribution is -0.0266. The highest BCUT2D eigenvalue weighted by Crippen LogP contribution is 2.28. The third kappa shape index (κ3) is 2.59. The zero-order chi connectivity index (χ0) is 9.97. The number of rotatable bonds is 2. The minimum atomic E-state index is 0.275. The summed E-state index contributed by atoms with van der Waals surface area (Å²) in [5.41, 5.74) is 0. The van der Waals surface area contributed by atoms with Gasteiger partial charge in [-0.1, -0.05) is 35.0 Å². The van der Waals surface area contributed by atoms with Gasteiger partial charge in [-0.15, -0.1) is 0 Å². The summed E-state index contributed by atoms with van der Waals surface area (Å²) in [4.78, 5) is 0.449. The van der Waals surface area contributed by atoms with Crippen LogP contribution >= 0.6 is 15.9 Å². The number of epoxide rings is 1. The molecule has 2 aliphatic rings. The van der Waals surface area contributed by atoms with Crippen LogP contribution in [0, 0.1) is 0 Å². The van der Waals surface area contributed by atoms with Crippen molar-refractivity contribution in [2.24, 2.45) is 0 Å². The van der Waals surface area contributed by atoms with E-state index in [1.165, 1.54) is 0 Å². The molecule has 0 amide bonds. The zero-order valence-electron chi connectivity index (χ0n) is 8.49. The Balaban J connectivity index is 1.99. The van der Waals surface area contributed by atoms with Crippen molar-refractivity contribution in [3.8, 4) is 0 Å². The molecule has 1 saturated heterocycles. The maximum Gasteiger partial charge on any atom is 0.107 e. The number of allylic oxidation sites excluding steroid dienone is 1. The minimum Gasteiger partial charge on any atom is -0.371 e. The molecular weight excluding hydrogens is 244 g/mol. The van der Waals surface area contributed by atoms with Gasteiger partial charge in [-0.25, -0.2) is 0 Å².